The van der Waals surface area contributed by atoms with Crippen molar-refractivity contribution in [1.29, 1.82) is 0 Å². The number of nitrogens with zero attached hydrogens (tertiary/aromatic N) is 4. The molecular weight excluding hydrogens is 342 g/mol. The zero-order chi connectivity index (χ0) is 20.0. The van der Waals surface area contributed by atoms with E-state index in [4.69, 9.17) is 0 Å². The van der Waals surface area contributed by atoms with Gasteiger partial charge in [0.1, 0.15) is 0 Å². The molecule has 0 saturated heterocycles. The summed E-state index contributed by atoms with van der Waals surface area (Å²) >= 11 is 0. The normalized spacial score (nSPS) is 10.9. The lowest BCUT2D eigenvalue weighted by Gasteiger charge is -2.18. The SMILES string of the molecule is Cc1nn(Cc2ccccc2)c(C)c1CNC(=O)CN(C)CC(=O)N(C)C. The summed E-state index contributed by atoms with van der Waals surface area (Å²) < 4.78 is 1.97. The highest BCUT2D eigenvalue weighted by atomic mass is 16.2. The maximum Gasteiger partial charge on any atom is 0.236 e. The Hall–Kier alpha value is -2.67. The summed E-state index contributed by atoms with van der Waals surface area (Å²) in [4.78, 5) is 27.1. The number of aryl methyl sites for hydroxylation is 1. The number of nitrogens with one attached hydrogen (secondary N) is 1. The molecule has 0 aliphatic heterocycles. The first-order valence-corrected chi connectivity index (χ1v) is 9.00. The predicted octanol–water partition coefficient (Wildman–Crippen LogP) is 1.18. The third-order valence-electron chi connectivity index (χ3n) is 4.49. The van der Waals surface area contributed by atoms with Crippen molar-refractivity contribution >= 4 is 11.8 Å². The van der Waals surface area contributed by atoms with E-state index in [1.54, 1.807) is 26.0 Å². The van der Waals surface area contributed by atoms with E-state index < -0.39 is 0 Å². The minimum atomic E-state index is -0.112. The van der Waals surface area contributed by atoms with E-state index in [0.29, 0.717) is 13.1 Å². The van der Waals surface area contributed by atoms with Gasteiger partial charge < -0.3 is 10.2 Å². The highest BCUT2D eigenvalue weighted by molar-refractivity contribution is 5.80. The fourth-order valence-electron chi connectivity index (χ4n) is 2.82. The third-order valence-corrected chi connectivity index (χ3v) is 4.49. The number of benzene rings is 1. The van der Waals surface area contributed by atoms with Crippen molar-refractivity contribution in [3.63, 3.8) is 0 Å². The molecule has 0 aliphatic carbocycles. The third kappa shape index (κ3) is 5.92. The van der Waals surface area contributed by atoms with E-state index in [1.165, 1.54) is 10.5 Å². The highest BCUT2D eigenvalue weighted by Crippen LogP contribution is 2.14. The van der Waals surface area contributed by atoms with Gasteiger partial charge in [-0.05, 0) is 26.5 Å². The van der Waals surface area contributed by atoms with Gasteiger partial charge in [-0.25, -0.2) is 0 Å². The Bertz CT molecular complexity index is 783. The average Bonchev–Trinajstić information content (AvgIpc) is 2.87. The monoisotopic (exact) mass is 371 g/mol. The molecule has 2 amide bonds. The van der Waals surface area contributed by atoms with Crippen LogP contribution in [0.1, 0.15) is 22.5 Å². The van der Waals surface area contributed by atoms with Crippen LogP contribution >= 0.6 is 0 Å². The minimum Gasteiger partial charge on any atom is -0.351 e. The molecule has 0 bridgehead atoms. The quantitative estimate of drug-likeness (QED) is 0.757. The Kier molecular flexibility index (Phi) is 7.12. The Morgan fingerprint density at radius 1 is 1.07 bits per heavy atom. The van der Waals surface area contributed by atoms with Crippen molar-refractivity contribution in [3.05, 3.63) is 52.8 Å². The van der Waals surface area contributed by atoms with Crippen LogP contribution in [0.25, 0.3) is 0 Å². The standard InChI is InChI=1S/C20H29N5O2/c1-15-18(11-21-19(26)13-24(5)14-20(27)23(3)4)16(2)25(22-15)12-17-9-7-6-8-10-17/h6-10H,11-14H2,1-5H3,(H,21,26). The zero-order valence-electron chi connectivity index (χ0n) is 16.8. The molecule has 0 atom stereocenters. The molecule has 0 spiro atoms. The number of carbonyl (C=O) groups is 2. The van der Waals surface area contributed by atoms with Crippen LogP contribution in [0.15, 0.2) is 30.3 Å². The lowest BCUT2D eigenvalue weighted by molar-refractivity contribution is -0.130. The maximum atomic E-state index is 12.2. The van der Waals surface area contributed by atoms with E-state index in [9.17, 15) is 9.59 Å². The molecule has 1 heterocycles. The van der Waals surface area contributed by atoms with Gasteiger partial charge in [-0.3, -0.25) is 19.2 Å². The van der Waals surface area contributed by atoms with Crippen molar-refractivity contribution in [2.24, 2.45) is 0 Å². The maximum absolute atomic E-state index is 12.2. The average molecular weight is 371 g/mol. The molecule has 27 heavy (non-hydrogen) atoms. The fraction of sp³-hybridized carbons (Fsp3) is 0.450. The molecule has 0 fully saturated rings. The first kappa shape index (κ1) is 20.6. The lowest BCUT2D eigenvalue weighted by atomic mass is 10.2. The smallest absolute Gasteiger partial charge is 0.236 e. The van der Waals surface area contributed by atoms with Gasteiger partial charge in [0.25, 0.3) is 0 Å². The van der Waals surface area contributed by atoms with Crippen molar-refractivity contribution < 1.29 is 9.59 Å². The summed E-state index contributed by atoms with van der Waals surface area (Å²) in [5.74, 6) is -0.141. The van der Waals surface area contributed by atoms with Crippen LogP contribution in [-0.4, -0.2) is 65.6 Å². The predicted molar refractivity (Wildman–Crippen MR) is 105 cm³/mol. The second-order valence-corrected chi connectivity index (χ2v) is 7.03. The fourth-order valence-corrected chi connectivity index (χ4v) is 2.82. The molecule has 146 valence electrons. The minimum absolute atomic E-state index is 0.0285. The molecule has 0 radical (unpaired) electrons. The Labute approximate surface area is 161 Å². The molecular formula is C20H29N5O2. The number of aromatic nitrogens is 2. The molecule has 1 aromatic carbocycles. The van der Waals surface area contributed by atoms with Crippen LogP contribution in [0, 0.1) is 13.8 Å². The van der Waals surface area contributed by atoms with Crippen LogP contribution in [0.3, 0.4) is 0 Å². The van der Waals surface area contributed by atoms with Crippen LogP contribution < -0.4 is 5.32 Å². The van der Waals surface area contributed by atoms with Gasteiger partial charge in [-0.2, -0.15) is 5.10 Å². The molecule has 2 rings (SSSR count). The number of amides is 2. The lowest BCUT2D eigenvalue weighted by Crippen LogP contribution is -2.40. The number of carbonyl (C=O) groups excluding carboxylic acids is 2. The number of hydrogen-bond donors (Lipinski definition) is 1. The summed E-state index contributed by atoms with van der Waals surface area (Å²) in [6, 6.07) is 10.2. The Balaban J connectivity index is 1.92. The highest BCUT2D eigenvalue weighted by Gasteiger charge is 2.15. The van der Waals surface area contributed by atoms with E-state index in [1.807, 2.05) is 36.7 Å². The summed E-state index contributed by atoms with van der Waals surface area (Å²) in [7, 11) is 5.17. The molecule has 0 unspecified atom stereocenters. The molecule has 0 aliphatic rings. The van der Waals surface area contributed by atoms with Gasteiger partial charge in [-0.1, -0.05) is 30.3 Å². The van der Waals surface area contributed by atoms with E-state index in [0.717, 1.165) is 17.0 Å². The van der Waals surface area contributed by atoms with Crippen LogP contribution in [0.5, 0.6) is 0 Å². The Morgan fingerprint density at radius 2 is 1.74 bits per heavy atom. The van der Waals surface area contributed by atoms with Gasteiger partial charge >= 0.3 is 0 Å². The van der Waals surface area contributed by atoms with E-state index in [2.05, 4.69) is 22.5 Å². The van der Waals surface area contributed by atoms with Crippen molar-refractivity contribution in [1.82, 2.24) is 24.9 Å². The number of hydrogen-bond acceptors (Lipinski definition) is 4. The van der Waals surface area contributed by atoms with Crippen molar-refractivity contribution in [2.45, 2.75) is 26.9 Å². The van der Waals surface area contributed by atoms with Gasteiger partial charge in [0.15, 0.2) is 0 Å². The number of rotatable bonds is 8. The van der Waals surface area contributed by atoms with Crippen molar-refractivity contribution in [3.8, 4) is 0 Å². The molecule has 7 nitrogen and oxygen atoms in total. The van der Waals surface area contributed by atoms with Crippen LogP contribution in [-0.2, 0) is 22.7 Å². The van der Waals surface area contributed by atoms with Gasteiger partial charge in [-0.15, -0.1) is 0 Å². The van der Waals surface area contributed by atoms with Gasteiger partial charge in [0.2, 0.25) is 11.8 Å². The van der Waals surface area contributed by atoms with Crippen LogP contribution in [0.4, 0.5) is 0 Å². The zero-order valence-corrected chi connectivity index (χ0v) is 16.8. The van der Waals surface area contributed by atoms with Crippen molar-refractivity contribution in [2.75, 3.05) is 34.2 Å². The Morgan fingerprint density at radius 3 is 2.37 bits per heavy atom. The van der Waals surface area contributed by atoms with Crippen LogP contribution in [0.2, 0.25) is 0 Å². The summed E-state index contributed by atoms with van der Waals surface area (Å²) in [6.45, 7) is 5.51. The van der Waals surface area contributed by atoms with E-state index >= 15 is 0 Å². The molecule has 1 N–H and O–H groups in total. The second kappa shape index (κ2) is 9.32. The van der Waals surface area contributed by atoms with E-state index in [-0.39, 0.29) is 24.9 Å². The van der Waals surface area contributed by atoms with Gasteiger partial charge in [0.05, 0.1) is 25.3 Å². The number of likely N-dealkylation sites (N-methyl/N-ethyl adjacent to an activating group) is 2. The molecule has 7 heteroatoms. The summed E-state index contributed by atoms with van der Waals surface area (Å²) in [5, 5.41) is 7.54. The first-order valence-electron chi connectivity index (χ1n) is 9.00. The molecule has 2 aromatic rings. The molecule has 0 saturated carbocycles. The second-order valence-electron chi connectivity index (χ2n) is 7.03. The molecule has 1 aromatic heterocycles. The first-order chi connectivity index (χ1) is 12.8. The topological polar surface area (TPSA) is 70.5 Å². The largest absolute Gasteiger partial charge is 0.351 e. The summed E-state index contributed by atoms with van der Waals surface area (Å²) in [6.07, 6.45) is 0. The van der Waals surface area contributed by atoms with Gasteiger partial charge in [0, 0.05) is 31.9 Å². The summed E-state index contributed by atoms with van der Waals surface area (Å²) in [5.41, 5.74) is 4.19.